The number of primary amides is 1. The summed E-state index contributed by atoms with van der Waals surface area (Å²) in [7, 11) is 0. The van der Waals surface area contributed by atoms with Gasteiger partial charge in [0.15, 0.2) is 0 Å². The van der Waals surface area contributed by atoms with Crippen molar-refractivity contribution in [3.05, 3.63) is 0 Å². The predicted octanol–water partition coefficient (Wildman–Crippen LogP) is -0.0851. The number of carbonyl (C=O) groups is 1. The van der Waals surface area contributed by atoms with Gasteiger partial charge >= 0.3 is 0 Å². The van der Waals surface area contributed by atoms with E-state index in [-0.39, 0.29) is 5.91 Å². The van der Waals surface area contributed by atoms with Crippen LogP contribution in [0.4, 0.5) is 0 Å². The Labute approximate surface area is 66.7 Å². The molecule has 1 amide bonds. The molecule has 0 aromatic heterocycles. The Bertz CT molecular complexity index is 90.3. The molecule has 0 radical (unpaired) electrons. The van der Waals surface area contributed by atoms with Gasteiger partial charge in [0.25, 0.3) is 0 Å². The number of ether oxygens (including phenoxy) is 2. The van der Waals surface area contributed by atoms with Crippen molar-refractivity contribution < 1.29 is 14.3 Å². The lowest BCUT2D eigenvalue weighted by Gasteiger charge is -2.09. The van der Waals surface area contributed by atoms with Crippen LogP contribution in [0.5, 0.6) is 0 Å². The van der Waals surface area contributed by atoms with Crippen molar-refractivity contribution in [1.29, 1.82) is 0 Å². The van der Waals surface area contributed by atoms with Crippen LogP contribution in [0.15, 0.2) is 0 Å². The zero-order valence-electron chi connectivity index (χ0n) is 6.84. The van der Waals surface area contributed by atoms with E-state index >= 15 is 0 Å². The maximum Gasteiger partial charge on any atom is 0.217 e. The summed E-state index contributed by atoms with van der Waals surface area (Å²) < 4.78 is 9.89. The van der Waals surface area contributed by atoms with Crippen molar-refractivity contribution in [2.45, 2.75) is 13.3 Å². The molecule has 0 aliphatic carbocycles. The summed E-state index contributed by atoms with van der Waals surface area (Å²) in [6.07, 6.45) is 0.444. The largest absolute Gasteiger partial charge is 0.377 e. The minimum absolute atomic E-state index is 0.245. The number of rotatable bonds is 1. The molecule has 0 aromatic rings. The van der Waals surface area contributed by atoms with E-state index in [4.69, 9.17) is 9.47 Å². The van der Waals surface area contributed by atoms with Gasteiger partial charge in [0, 0.05) is 6.42 Å². The number of amides is 1. The van der Waals surface area contributed by atoms with Gasteiger partial charge in [0.05, 0.1) is 26.4 Å². The Morgan fingerprint density at radius 2 is 1.55 bits per heavy atom. The molecule has 11 heavy (non-hydrogen) atoms. The molecule has 4 heteroatoms. The van der Waals surface area contributed by atoms with E-state index in [1.54, 1.807) is 6.92 Å². The maximum atomic E-state index is 9.59. The lowest BCUT2D eigenvalue weighted by Crippen LogP contribution is -2.16. The van der Waals surface area contributed by atoms with Gasteiger partial charge in [-0.05, 0) is 0 Å². The van der Waals surface area contributed by atoms with Gasteiger partial charge in [-0.3, -0.25) is 4.79 Å². The van der Waals surface area contributed by atoms with Crippen molar-refractivity contribution in [2.24, 2.45) is 5.73 Å². The molecule has 0 bridgehead atoms. The molecule has 1 saturated heterocycles. The van der Waals surface area contributed by atoms with Gasteiger partial charge in [-0.25, -0.2) is 0 Å². The van der Waals surface area contributed by atoms with Crippen LogP contribution in [0, 0.1) is 0 Å². The van der Waals surface area contributed by atoms with Crippen molar-refractivity contribution in [3.63, 3.8) is 0 Å². The molecule has 1 rings (SSSR count). The van der Waals surface area contributed by atoms with Crippen LogP contribution in [0.2, 0.25) is 0 Å². The second-order valence-electron chi connectivity index (χ2n) is 2.04. The minimum atomic E-state index is -0.245. The summed E-state index contributed by atoms with van der Waals surface area (Å²) in [6.45, 7) is 4.84. The van der Waals surface area contributed by atoms with Crippen LogP contribution in [0.25, 0.3) is 0 Å². The van der Waals surface area contributed by atoms with Crippen molar-refractivity contribution in [3.8, 4) is 0 Å². The van der Waals surface area contributed by atoms with Crippen LogP contribution in [0.1, 0.15) is 13.3 Å². The third-order valence-corrected chi connectivity index (χ3v) is 1.09. The fourth-order valence-electron chi connectivity index (χ4n) is 0.440. The Kier molecular flexibility index (Phi) is 7.08. The van der Waals surface area contributed by atoms with E-state index in [9.17, 15) is 4.79 Å². The topological polar surface area (TPSA) is 61.6 Å². The second kappa shape index (κ2) is 7.50. The molecule has 1 heterocycles. The zero-order valence-corrected chi connectivity index (χ0v) is 6.84. The van der Waals surface area contributed by atoms with Crippen LogP contribution < -0.4 is 5.73 Å². The Balaban J connectivity index is 0.000000187. The Hall–Kier alpha value is -0.610. The number of hydrogen-bond acceptors (Lipinski definition) is 3. The fourth-order valence-corrected chi connectivity index (χ4v) is 0.440. The first-order chi connectivity index (χ1) is 5.27. The molecule has 1 aliphatic heterocycles. The van der Waals surface area contributed by atoms with Crippen LogP contribution >= 0.6 is 0 Å². The van der Waals surface area contributed by atoms with E-state index in [0.29, 0.717) is 6.42 Å². The fraction of sp³-hybridized carbons (Fsp3) is 0.857. The van der Waals surface area contributed by atoms with Crippen molar-refractivity contribution in [1.82, 2.24) is 0 Å². The lowest BCUT2D eigenvalue weighted by molar-refractivity contribution is -0.117. The molecule has 0 aromatic carbocycles. The molecule has 2 N–H and O–H groups in total. The minimum Gasteiger partial charge on any atom is -0.377 e. The van der Waals surface area contributed by atoms with Gasteiger partial charge in [0.1, 0.15) is 0 Å². The summed E-state index contributed by atoms with van der Waals surface area (Å²) in [5.74, 6) is -0.245. The Morgan fingerprint density at radius 1 is 1.27 bits per heavy atom. The molecule has 0 atom stereocenters. The molecule has 66 valence electrons. The maximum absolute atomic E-state index is 9.59. The molecule has 0 unspecified atom stereocenters. The summed E-state index contributed by atoms with van der Waals surface area (Å²) >= 11 is 0. The third-order valence-electron chi connectivity index (χ3n) is 1.09. The van der Waals surface area contributed by atoms with E-state index in [1.165, 1.54) is 0 Å². The molecular formula is C7H15NO3. The predicted molar refractivity (Wildman–Crippen MR) is 41.1 cm³/mol. The average Bonchev–Trinajstić information content (AvgIpc) is 2.09. The second-order valence-corrected chi connectivity index (χ2v) is 2.04. The number of hydrogen-bond donors (Lipinski definition) is 1. The Morgan fingerprint density at radius 3 is 1.64 bits per heavy atom. The van der Waals surface area contributed by atoms with E-state index < -0.39 is 0 Å². The third kappa shape index (κ3) is 9.39. The SMILES string of the molecule is C1COCCO1.CCC(N)=O. The quantitative estimate of drug-likeness (QED) is 0.585. The van der Waals surface area contributed by atoms with Gasteiger partial charge < -0.3 is 15.2 Å². The first-order valence-corrected chi connectivity index (χ1v) is 3.71. The number of nitrogens with two attached hydrogens (primary N) is 1. The first kappa shape index (κ1) is 10.4. The standard InChI is InChI=1S/C4H8O2.C3H7NO/c1-2-6-4-3-5-1;1-2-3(4)5/h1-4H2;2H2,1H3,(H2,4,5). The van der Waals surface area contributed by atoms with Crippen molar-refractivity contribution >= 4 is 5.91 Å². The zero-order chi connectivity index (χ0) is 8.53. The highest BCUT2D eigenvalue weighted by atomic mass is 16.6. The first-order valence-electron chi connectivity index (χ1n) is 3.71. The average molecular weight is 161 g/mol. The molecule has 4 nitrogen and oxygen atoms in total. The number of carbonyl (C=O) groups excluding carboxylic acids is 1. The van der Waals surface area contributed by atoms with Crippen LogP contribution in [-0.2, 0) is 14.3 Å². The van der Waals surface area contributed by atoms with E-state index in [2.05, 4.69) is 5.73 Å². The van der Waals surface area contributed by atoms with Gasteiger partial charge in [-0.1, -0.05) is 6.92 Å². The summed E-state index contributed by atoms with van der Waals surface area (Å²) in [4.78, 5) is 9.59. The molecule has 0 saturated carbocycles. The van der Waals surface area contributed by atoms with Crippen LogP contribution in [-0.4, -0.2) is 32.3 Å². The van der Waals surface area contributed by atoms with Gasteiger partial charge in [-0.2, -0.15) is 0 Å². The molecule has 1 fully saturated rings. The highest BCUT2D eigenvalue weighted by molar-refractivity contribution is 5.73. The van der Waals surface area contributed by atoms with Crippen LogP contribution in [0.3, 0.4) is 0 Å². The van der Waals surface area contributed by atoms with E-state index in [0.717, 1.165) is 26.4 Å². The summed E-state index contributed by atoms with van der Waals surface area (Å²) in [6, 6.07) is 0. The van der Waals surface area contributed by atoms with Crippen molar-refractivity contribution in [2.75, 3.05) is 26.4 Å². The highest BCUT2D eigenvalue weighted by Crippen LogP contribution is 1.85. The highest BCUT2D eigenvalue weighted by Gasteiger charge is 1.94. The van der Waals surface area contributed by atoms with E-state index in [1.807, 2.05) is 0 Å². The summed E-state index contributed by atoms with van der Waals surface area (Å²) in [5.41, 5.74) is 4.65. The monoisotopic (exact) mass is 161 g/mol. The molecular weight excluding hydrogens is 146 g/mol. The van der Waals surface area contributed by atoms with Gasteiger partial charge in [0.2, 0.25) is 5.91 Å². The molecule has 1 aliphatic rings. The lowest BCUT2D eigenvalue weighted by atomic mass is 10.5. The normalized spacial score (nSPS) is 16.5. The van der Waals surface area contributed by atoms with Gasteiger partial charge in [-0.15, -0.1) is 0 Å². The summed E-state index contributed by atoms with van der Waals surface area (Å²) in [5, 5.41) is 0. The molecule has 0 spiro atoms. The smallest absolute Gasteiger partial charge is 0.217 e.